The molecule has 0 saturated carbocycles. The fourth-order valence-electron chi connectivity index (χ4n) is 1.79. The van der Waals surface area contributed by atoms with E-state index in [-0.39, 0.29) is 18.3 Å². The molecule has 0 spiro atoms. The molecule has 4 heteroatoms. The maximum absolute atomic E-state index is 11.4. The zero-order valence-corrected chi connectivity index (χ0v) is 12.9. The van der Waals surface area contributed by atoms with Crippen molar-refractivity contribution >= 4 is 6.16 Å². The molecule has 0 unspecified atom stereocenters. The van der Waals surface area contributed by atoms with Crippen molar-refractivity contribution in [2.24, 2.45) is 0 Å². The monoisotopic (exact) mass is 270 g/mol. The first-order valence-electron chi connectivity index (χ1n) is 6.79. The summed E-state index contributed by atoms with van der Waals surface area (Å²) in [6.45, 7) is 11.9. The van der Waals surface area contributed by atoms with Gasteiger partial charge in [0.15, 0.2) is 0 Å². The van der Waals surface area contributed by atoms with Crippen molar-refractivity contribution in [3.8, 4) is 0 Å². The molecule has 1 aliphatic rings. The van der Waals surface area contributed by atoms with Crippen LogP contribution in [-0.2, 0) is 14.2 Å². The highest BCUT2D eigenvalue weighted by Crippen LogP contribution is 2.40. The molecule has 1 heterocycles. The smallest absolute Gasteiger partial charge is 0.431 e. The van der Waals surface area contributed by atoms with Gasteiger partial charge < -0.3 is 14.2 Å². The Bertz CT molecular complexity index is 350. The van der Waals surface area contributed by atoms with E-state index in [1.807, 2.05) is 20.8 Å². The van der Waals surface area contributed by atoms with E-state index in [4.69, 9.17) is 14.2 Å². The molecular weight excluding hydrogens is 244 g/mol. The topological polar surface area (TPSA) is 48.1 Å². The molecule has 0 aliphatic carbocycles. The van der Waals surface area contributed by atoms with Gasteiger partial charge in [0.1, 0.15) is 18.3 Å². The number of carbonyl (C=O) groups excluding carboxylic acids is 1. The Labute approximate surface area is 116 Å². The summed E-state index contributed by atoms with van der Waals surface area (Å²) in [4.78, 5) is 11.4. The van der Waals surface area contributed by atoms with Crippen molar-refractivity contribution in [1.82, 2.24) is 0 Å². The molecule has 4 nitrogen and oxygen atoms in total. The van der Waals surface area contributed by atoms with Crippen LogP contribution in [-0.4, -0.2) is 30.1 Å². The van der Waals surface area contributed by atoms with E-state index < -0.39 is 11.8 Å². The van der Waals surface area contributed by atoms with Crippen LogP contribution in [0.25, 0.3) is 0 Å². The third kappa shape index (κ3) is 6.10. The Hall–Kier alpha value is -1.03. The second-order valence-electron chi connectivity index (χ2n) is 6.51. The molecule has 1 rings (SSSR count). The largest absolute Gasteiger partial charge is 0.508 e. The minimum atomic E-state index is -0.630. The highest BCUT2D eigenvalue weighted by Gasteiger charge is 2.52. The Balaban J connectivity index is 2.23. The summed E-state index contributed by atoms with van der Waals surface area (Å²) in [5.41, 5.74) is 0.633. The van der Waals surface area contributed by atoms with Gasteiger partial charge in [-0.3, -0.25) is 0 Å². The van der Waals surface area contributed by atoms with Crippen molar-refractivity contribution in [3.05, 3.63) is 11.6 Å². The van der Waals surface area contributed by atoms with E-state index in [0.717, 1.165) is 12.8 Å². The lowest BCUT2D eigenvalue weighted by molar-refractivity contribution is -0.00948. The number of epoxide rings is 1. The molecule has 1 aliphatic heterocycles. The Morgan fingerprint density at radius 2 is 2.00 bits per heavy atom. The quantitative estimate of drug-likeness (QED) is 0.432. The molecular formula is C15H26O4. The lowest BCUT2D eigenvalue weighted by Crippen LogP contribution is -2.26. The lowest BCUT2D eigenvalue weighted by Gasteiger charge is -2.18. The summed E-state index contributed by atoms with van der Waals surface area (Å²) in [5, 5.41) is 0. The van der Waals surface area contributed by atoms with Gasteiger partial charge >= 0.3 is 6.16 Å². The standard InChI is InChI=1S/C15H26O4/c1-11(2)8-7-9-15(6)12(18-15)10-17-13(16)19-14(3,4)5/h8,12H,7,9-10H2,1-6H3/t12-,15+/m0/s1. The molecule has 1 fully saturated rings. The Morgan fingerprint density at radius 1 is 1.37 bits per heavy atom. The highest BCUT2D eigenvalue weighted by molar-refractivity contribution is 5.60. The Morgan fingerprint density at radius 3 is 2.53 bits per heavy atom. The average molecular weight is 270 g/mol. The van der Waals surface area contributed by atoms with E-state index in [0.29, 0.717) is 0 Å². The van der Waals surface area contributed by atoms with Gasteiger partial charge in [0, 0.05) is 0 Å². The van der Waals surface area contributed by atoms with Crippen LogP contribution in [0.2, 0.25) is 0 Å². The molecule has 19 heavy (non-hydrogen) atoms. The molecule has 0 aromatic carbocycles. The molecule has 0 bridgehead atoms. The van der Waals surface area contributed by atoms with Crippen molar-refractivity contribution < 1.29 is 19.0 Å². The maximum atomic E-state index is 11.4. The zero-order chi connectivity index (χ0) is 14.7. The second kappa shape index (κ2) is 5.95. The van der Waals surface area contributed by atoms with Gasteiger partial charge in [-0.25, -0.2) is 4.79 Å². The summed E-state index contributed by atoms with van der Waals surface area (Å²) in [5.74, 6) is 0. The van der Waals surface area contributed by atoms with Crippen molar-refractivity contribution in [2.45, 2.75) is 71.7 Å². The van der Waals surface area contributed by atoms with E-state index >= 15 is 0 Å². The van der Waals surface area contributed by atoms with E-state index in [2.05, 4.69) is 26.8 Å². The van der Waals surface area contributed by atoms with Crippen LogP contribution in [0.3, 0.4) is 0 Å². The van der Waals surface area contributed by atoms with Gasteiger partial charge in [-0.05, 0) is 54.4 Å². The summed E-state index contributed by atoms with van der Waals surface area (Å²) >= 11 is 0. The fraction of sp³-hybridized carbons (Fsp3) is 0.800. The number of rotatable bonds is 5. The van der Waals surface area contributed by atoms with E-state index in [9.17, 15) is 4.79 Å². The molecule has 0 aromatic rings. The molecule has 0 aromatic heterocycles. The second-order valence-corrected chi connectivity index (χ2v) is 6.51. The summed E-state index contributed by atoms with van der Waals surface area (Å²) in [6, 6.07) is 0. The summed E-state index contributed by atoms with van der Waals surface area (Å²) in [6.07, 6.45) is 3.49. The van der Waals surface area contributed by atoms with Gasteiger partial charge in [0.2, 0.25) is 0 Å². The maximum Gasteiger partial charge on any atom is 0.508 e. The predicted molar refractivity (Wildman–Crippen MR) is 74.1 cm³/mol. The van der Waals surface area contributed by atoms with Crippen LogP contribution >= 0.6 is 0 Å². The third-order valence-corrected chi connectivity index (χ3v) is 2.97. The molecule has 2 atom stereocenters. The predicted octanol–water partition coefficient (Wildman–Crippen LogP) is 3.84. The normalized spacial score (nSPS) is 25.7. The van der Waals surface area contributed by atoms with Crippen LogP contribution in [0, 0.1) is 0 Å². The van der Waals surface area contributed by atoms with Gasteiger partial charge in [-0.2, -0.15) is 0 Å². The molecule has 0 radical (unpaired) electrons. The number of hydrogen-bond acceptors (Lipinski definition) is 4. The third-order valence-electron chi connectivity index (χ3n) is 2.97. The molecule has 1 saturated heterocycles. The SMILES string of the molecule is CC(C)=CCC[C@@]1(C)O[C@H]1COC(=O)OC(C)(C)C. The fourth-order valence-corrected chi connectivity index (χ4v) is 1.79. The van der Waals surface area contributed by atoms with Crippen LogP contribution < -0.4 is 0 Å². The van der Waals surface area contributed by atoms with Gasteiger partial charge in [0.25, 0.3) is 0 Å². The van der Waals surface area contributed by atoms with Crippen LogP contribution in [0.4, 0.5) is 4.79 Å². The van der Waals surface area contributed by atoms with Crippen LogP contribution in [0.1, 0.15) is 54.4 Å². The minimum Gasteiger partial charge on any atom is -0.431 e. The minimum absolute atomic E-state index is 0.00872. The van der Waals surface area contributed by atoms with Crippen molar-refractivity contribution in [2.75, 3.05) is 6.61 Å². The summed E-state index contributed by atoms with van der Waals surface area (Å²) < 4.78 is 15.7. The average Bonchev–Trinajstić information content (AvgIpc) is 2.83. The van der Waals surface area contributed by atoms with Crippen molar-refractivity contribution in [1.29, 1.82) is 0 Å². The van der Waals surface area contributed by atoms with Crippen molar-refractivity contribution in [3.63, 3.8) is 0 Å². The van der Waals surface area contributed by atoms with E-state index in [1.54, 1.807) is 0 Å². The van der Waals surface area contributed by atoms with E-state index in [1.165, 1.54) is 5.57 Å². The summed E-state index contributed by atoms with van der Waals surface area (Å²) in [7, 11) is 0. The van der Waals surface area contributed by atoms with Crippen LogP contribution in [0.5, 0.6) is 0 Å². The molecule has 0 amide bonds. The molecule has 110 valence electrons. The number of hydrogen-bond donors (Lipinski definition) is 0. The Kier molecular flexibility index (Phi) is 5.02. The number of allylic oxidation sites excluding steroid dienone is 2. The van der Waals surface area contributed by atoms with Crippen LogP contribution in [0.15, 0.2) is 11.6 Å². The number of ether oxygens (including phenoxy) is 3. The number of carbonyl (C=O) groups is 1. The van der Waals surface area contributed by atoms with Gasteiger partial charge in [-0.1, -0.05) is 11.6 Å². The first kappa shape index (κ1) is 16.0. The lowest BCUT2D eigenvalue weighted by atomic mass is 10.0. The molecule has 0 N–H and O–H groups in total. The highest BCUT2D eigenvalue weighted by atomic mass is 16.7. The first-order valence-corrected chi connectivity index (χ1v) is 6.79. The van der Waals surface area contributed by atoms with Gasteiger partial charge in [-0.15, -0.1) is 0 Å². The zero-order valence-electron chi connectivity index (χ0n) is 12.9. The first-order chi connectivity index (χ1) is 8.62. The van der Waals surface area contributed by atoms with Gasteiger partial charge in [0.05, 0.1) is 5.60 Å².